The molecule has 0 aliphatic carbocycles. The molecule has 0 spiro atoms. The fourth-order valence-corrected chi connectivity index (χ4v) is 0.548. The minimum atomic E-state index is -0.547. The lowest BCUT2D eigenvalue weighted by molar-refractivity contribution is -0.141. The fraction of sp³-hybridized carbons (Fsp3) is 0.714. The van der Waals surface area contributed by atoms with Gasteiger partial charge in [-0.1, -0.05) is 6.92 Å². The van der Waals surface area contributed by atoms with Gasteiger partial charge in [-0.2, -0.15) is 0 Å². The van der Waals surface area contributed by atoms with Crippen LogP contribution in [-0.4, -0.2) is 31.6 Å². The average molecular weight is 174 g/mol. The third kappa shape index (κ3) is 3.92. The van der Waals surface area contributed by atoms with E-state index in [0.29, 0.717) is 6.42 Å². The summed E-state index contributed by atoms with van der Waals surface area (Å²) in [6.07, 6.45) is 0.549. The van der Waals surface area contributed by atoms with Crippen LogP contribution in [-0.2, 0) is 14.3 Å². The van der Waals surface area contributed by atoms with Crippen LogP contribution in [0.3, 0.4) is 0 Å². The monoisotopic (exact) mass is 174 g/mol. The highest BCUT2D eigenvalue weighted by molar-refractivity contribution is 5.85. The highest BCUT2D eigenvalue weighted by Gasteiger charge is 2.11. The first kappa shape index (κ1) is 10.9. The number of ether oxygens (including phenoxy) is 1. The highest BCUT2D eigenvalue weighted by Crippen LogP contribution is 1.84. The van der Waals surface area contributed by atoms with Gasteiger partial charge in [-0.05, 0) is 6.42 Å². The van der Waals surface area contributed by atoms with Gasteiger partial charge < -0.3 is 15.8 Å². The average Bonchev–Trinajstić information content (AvgIpc) is 2.11. The zero-order valence-corrected chi connectivity index (χ0v) is 7.29. The van der Waals surface area contributed by atoms with Crippen molar-refractivity contribution < 1.29 is 14.3 Å². The summed E-state index contributed by atoms with van der Waals surface area (Å²) < 4.78 is 4.32. The Morgan fingerprint density at radius 3 is 2.58 bits per heavy atom. The molecule has 0 saturated heterocycles. The van der Waals surface area contributed by atoms with Crippen LogP contribution in [0, 0.1) is 0 Å². The molecule has 1 atom stereocenters. The van der Waals surface area contributed by atoms with Crippen molar-refractivity contribution in [2.45, 2.75) is 19.4 Å². The van der Waals surface area contributed by atoms with E-state index < -0.39 is 12.0 Å². The standard InChI is InChI=1S/C7H14N2O3/c1-3-5(8)7(11)9-4-6(10)12-2/h5H,3-4,8H2,1-2H3,(H,9,11). The topological polar surface area (TPSA) is 81.4 Å². The molecular weight excluding hydrogens is 160 g/mol. The SMILES string of the molecule is CCC(N)C(=O)NCC(=O)OC. The van der Waals surface area contributed by atoms with Gasteiger partial charge in [0.25, 0.3) is 0 Å². The Morgan fingerprint density at radius 2 is 2.17 bits per heavy atom. The number of amides is 1. The number of nitrogens with two attached hydrogens (primary N) is 1. The van der Waals surface area contributed by atoms with Gasteiger partial charge in [0.2, 0.25) is 5.91 Å². The number of esters is 1. The maximum atomic E-state index is 11.0. The second-order valence-electron chi connectivity index (χ2n) is 2.31. The minimum absolute atomic E-state index is 0.122. The zero-order valence-electron chi connectivity index (χ0n) is 7.29. The quantitative estimate of drug-likeness (QED) is 0.536. The molecule has 0 fully saturated rings. The third-order valence-corrected chi connectivity index (χ3v) is 1.41. The molecular formula is C7H14N2O3. The van der Waals surface area contributed by atoms with E-state index in [1.165, 1.54) is 7.11 Å². The molecule has 0 radical (unpaired) electrons. The van der Waals surface area contributed by atoms with Crippen molar-refractivity contribution in [2.75, 3.05) is 13.7 Å². The number of methoxy groups -OCH3 is 1. The smallest absolute Gasteiger partial charge is 0.325 e. The number of rotatable bonds is 4. The first-order valence-corrected chi connectivity index (χ1v) is 3.72. The Kier molecular flexibility index (Phi) is 5.03. The van der Waals surface area contributed by atoms with Gasteiger partial charge in [0.15, 0.2) is 0 Å². The maximum Gasteiger partial charge on any atom is 0.325 e. The van der Waals surface area contributed by atoms with Crippen LogP contribution < -0.4 is 11.1 Å². The van der Waals surface area contributed by atoms with Gasteiger partial charge in [-0.25, -0.2) is 0 Å². The number of hydrogen-bond acceptors (Lipinski definition) is 4. The molecule has 0 aromatic carbocycles. The highest BCUT2D eigenvalue weighted by atomic mass is 16.5. The Hall–Kier alpha value is -1.10. The van der Waals surface area contributed by atoms with Gasteiger partial charge >= 0.3 is 5.97 Å². The van der Waals surface area contributed by atoms with Gasteiger partial charge in [0, 0.05) is 0 Å². The normalized spacial score (nSPS) is 11.9. The second-order valence-corrected chi connectivity index (χ2v) is 2.31. The largest absolute Gasteiger partial charge is 0.468 e. The Bertz CT molecular complexity index is 170. The van der Waals surface area contributed by atoms with Crippen LogP contribution in [0.5, 0.6) is 0 Å². The third-order valence-electron chi connectivity index (χ3n) is 1.41. The molecule has 0 rings (SSSR count). The molecule has 0 aliphatic rings. The molecule has 0 aliphatic heterocycles. The lowest BCUT2D eigenvalue weighted by Crippen LogP contribution is -2.42. The Balaban J connectivity index is 3.64. The van der Waals surface area contributed by atoms with E-state index in [4.69, 9.17) is 5.73 Å². The van der Waals surface area contributed by atoms with Gasteiger partial charge in [0.05, 0.1) is 13.2 Å². The molecule has 70 valence electrons. The first-order chi connectivity index (χ1) is 5.61. The number of hydrogen-bond donors (Lipinski definition) is 2. The maximum absolute atomic E-state index is 11.0. The summed E-state index contributed by atoms with van der Waals surface area (Å²) in [6, 6.07) is -0.547. The molecule has 0 heterocycles. The van der Waals surface area contributed by atoms with Gasteiger partial charge in [-0.15, -0.1) is 0 Å². The summed E-state index contributed by atoms with van der Waals surface area (Å²) in [5.41, 5.74) is 5.38. The summed E-state index contributed by atoms with van der Waals surface area (Å²) in [5.74, 6) is -0.811. The van der Waals surface area contributed by atoms with Crippen LogP contribution in [0.15, 0.2) is 0 Å². The van der Waals surface area contributed by atoms with Crippen molar-refractivity contribution >= 4 is 11.9 Å². The van der Waals surface area contributed by atoms with Crippen LogP contribution in [0.2, 0.25) is 0 Å². The first-order valence-electron chi connectivity index (χ1n) is 3.72. The molecule has 1 amide bonds. The fourth-order valence-electron chi connectivity index (χ4n) is 0.548. The molecule has 5 heteroatoms. The molecule has 0 aromatic rings. The summed E-state index contributed by atoms with van der Waals surface area (Å²) in [6.45, 7) is 1.67. The lowest BCUT2D eigenvalue weighted by atomic mass is 10.2. The summed E-state index contributed by atoms with van der Waals surface area (Å²) in [4.78, 5) is 21.5. The number of carbonyl (C=O) groups excluding carboxylic acids is 2. The van der Waals surface area contributed by atoms with Crippen LogP contribution in [0.1, 0.15) is 13.3 Å². The molecule has 12 heavy (non-hydrogen) atoms. The van der Waals surface area contributed by atoms with Crippen molar-refractivity contribution in [3.8, 4) is 0 Å². The molecule has 5 nitrogen and oxygen atoms in total. The van der Waals surface area contributed by atoms with Crippen molar-refractivity contribution in [3.05, 3.63) is 0 Å². The van der Waals surface area contributed by atoms with E-state index in [1.54, 1.807) is 6.92 Å². The predicted molar refractivity (Wildman–Crippen MR) is 43.3 cm³/mol. The molecule has 0 bridgehead atoms. The zero-order chi connectivity index (χ0) is 9.56. The summed E-state index contributed by atoms with van der Waals surface area (Å²) in [5, 5.41) is 2.35. The molecule has 3 N–H and O–H groups in total. The van der Waals surface area contributed by atoms with E-state index in [9.17, 15) is 9.59 Å². The molecule has 1 unspecified atom stereocenters. The van der Waals surface area contributed by atoms with E-state index in [2.05, 4.69) is 10.1 Å². The van der Waals surface area contributed by atoms with Crippen LogP contribution >= 0.6 is 0 Å². The molecule has 0 saturated carbocycles. The second kappa shape index (κ2) is 5.54. The Labute approximate surface area is 71.3 Å². The van der Waals surface area contributed by atoms with Crippen molar-refractivity contribution in [2.24, 2.45) is 5.73 Å². The lowest BCUT2D eigenvalue weighted by Gasteiger charge is -2.08. The van der Waals surface area contributed by atoms with Crippen molar-refractivity contribution in [3.63, 3.8) is 0 Å². The van der Waals surface area contributed by atoms with E-state index >= 15 is 0 Å². The van der Waals surface area contributed by atoms with Gasteiger partial charge in [0.1, 0.15) is 6.54 Å². The summed E-state index contributed by atoms with van der Waals surface area (Å²) in [7, 11) is 1.26. The van der Waals surface area contributed by atoms with Crippen molar-refractivity contribution in [1.82, 2.24) is 5.32 Å². The van der Waals surface area contributed by atoms with Gasteiger partial charge in [-0.3, -0.25) is 9.59 Å². The van der Waals surface area contributed by atoms with Crippen LogP contribution in [0.25, 0.3) is 0 Å². The Morgan fingerprint density at radius 1 is 1.58 bits per heavy atom. The van der Waals surface area contributed by atoms with E-state index in [0.717, 1.165) is 0 Å². The van der Waals surface area contributed by atoms with E-state index in [1.807, 2.05) is 0 Å². The van der Waals surface area contributed by atoms with Crippen molar-refractivity contribution in [1.29, 1.82) is 0 Å². The minimum Gasteiger partial charge on any atom is -0.468 e. The predicted octanol–water partition coefficient (Wildman–Crippen LogP) is -0.987. The van der Waals surface area contributed by atoms with Crippen LogP contribution in [0.4, 0.5) is 0 Å². The number of carbonyl (C=O) groups is 2. The molecule has 0 aromatic heterocycles. The van der Waals surface area contributed by atoms with E-state index in [-0.39, 0.29) is 12.5 Å². The number of nitrogens with one attached hydrogen (secondary N) is 1. The summed E-state index contributed by atoms with van der Waals surface area (Å²) >= 11 is 0.